The predicted octanol–water partition coefficient (Wildman–Crippen LogP) is 3.80. The van der Waals surface area contributed by atoms with Crippen LogP contribution < -0.4 is 14.8 Å². The summed E-state index contributed by atoms with van der Waals surface area (Å²) in [6, 6.07) is 2.84. The molecular weight excluding hydrogens is 663 g/mol. The fourth-order valence-electron chi connectivity index (χ4n) is 8.12. The second-order valence-corrected chi connectivity index (χ2v) is 14.6. The number of nitrogens with one attached hydrogen (secondary N) is 1. The van der Waals surface area contributed by atoms with E-state index in [1.54, 1.807) is 18.2 Å². The van der Waals surface area contributed by atoms with Crippen LogP contribution in [0.15, 0.2) is 23.8 Å². The van der Waals surface area contributed by atoms with Crippen molar-refractivity contribution in [3.05, 3.63) is 32.9 Å². The lowest BCUT2D eigenvalue weighted by Gasteiger charge is -2.61. The van der Waals surface area contributed by atoms with Gasteiger partial charge in [0.15, 0.2) is 11.5 Å². The fourth-order valence-corrected chi connectivity index (χ4v) is 8.92. The van der Waals surface area contributed by atoms with E-state index in [1.165, 1.54) is 13.5 Å². The molecule has 0 aromatic heterocycles. The van der Waals surface area contributed by atoms with Gasteiger partial charge in [0.2, 0.25) is 11.8 Å². The first-order valence-electron chi connectivity index (χ1n) is 15.8. The summed E-state index contributed by atoms with van der Waals surface area (Å²) in [7, 11) is 1.52. The Morgan fingerprint density at radius 3 is 2.51 bits per heavy atom. The number of ether oxygens (including phenoxy) is 2. The molecule has 1 aromatic rings. The SMILES string of the molecule is COc1cc(CO)cc(I)c1O[C@H]1C=C(C(=O)NCCO)C[C@@H](N(C[C@@H]2CC[C@H]3C[C@@H]2C3(C)C)C(=O)C2CCCC2)[C@@H]1O. The lowest BCUT2D eigenvalue weighted by molar-refractivity contribution is -0.151. The molecule has 0 spiro atoms. The number of nitrogens with zero attached hydrogens (tertiary/aromatic N) is 1. The third-order valence-corrected chi connectivity index (χ3v) is 11.6. The maximum atomic E-state index is 14.3. The van der Waals surface area contributed by atoms with E-state index in [1.807, 2.05) is 4.90 Å². The molecule has 0 aliphatic heterocycles. The highest BCUT2D eigenvalue weighted by Gasteiger charge is 2.55. The molecule has 0 heterocycles. The molecule has 238 valence electrons. The van der Waals surface area contributed by atoms with Crippen molar-refractivity contribution in [2.24, 2.45) is 29.1 Å². The van der Waals surface area contributed by atoms with Crippen molar-refractivity contribution in [2.45, 2.75) is 90.1 Å². The Kier molecular flexibility index (Phi) is 10.3. The van der Waals surface area contributed by atoms with Gasteiger partial charge in [-0.05, 0) is 102 Å². The van der Waals surface area contributed by atoms with Gasteiger partial charge in [0.05, 0.1) is 29.9 Å². The maximum absolute atomic E-state index is 14.3. The van der Waals surface area contributed by atoms with Gasteiger partial charge in [-0.3, -0.25) is 9.59 Å². The van der Waals surface area contributed by atoms with Gasteiger partial charge in [-0.2, -0.15) is 0 Å². The summed E-state index contributed by atoms with van der Waals surface area (Å²) in [4.78, 5) is 29.5. The molecule has 4 saturated carbocycles. The average Bonchev–Trinajstić information content (AvgIpc) is 3.55. The number of hydrogen-bond acceptors (Lipinski definition) is 7. The standard InChI is InChI=1S/C33H47IN2O7/c1-33(2)23-9-8-21(24(33)16-23)17-36(32(41)20-6-4-5-7-20)26-14-22(31(40)35-10-11-37)15-27(29(26)39)43-30-25(34)12-19(18-38)13-28(30)42-3/h12-13,15,20-21,23-24,26-27,29,37-39H,4-11,14,16-18H2,1-3H3,(H,35,40)/t21-,23-,24-,26+,27-,29-/m0/s1. The van der Waals surface area contributed by atoms with Gasteiger partial charge >= 0.3 is 0 Å². The molecule has 2 bridgehead atoms. The zero-order chi connectivity index (χ0) is 30.9. The lowest BCUT2D eigenvalue weighted by Crippen LogP contribution is -2.60. The highest BCUT2D eigenvalue weighted by Crippen LogP contribution is 2.61. The van der Waals surface area contributed by atoms with E-state index in [0.29, 0.717) is 44.6 Å². The van der Waals surface area contributed by atoms with Crippen LogP contribution in [0, 0.1) is 32.7 Å². The maximum Gasteiger partial charge on any atom is 0.247 e. The number of methoxy groups -OCH3 is 1. The van der Waals surface area contributed by atoms with Gasteiger partial charge in [0.25, 0.3) is 0 Å². The van der Waals surface area contributed by atoms with Crippen LogP contribution in [0.4, 0.5) is 0 Å². The number of aliphatic hydroxyl groups excluding tert-OH is 3. The third kappa shape index (κ3) is 6.58. The lowest BCUT2D eigenvalue weighted by atomic mass is 9.45. The molecule has 43 heavy (non-hydrogen) atoms. The molecule has 5 aliphatic rings. The third-order valence-electron chi connectivity index (χ3n) is 10.8. The second kappa shape index (κ2) is 13.6. The number of benzene rings is 1. The van der Waals surface area contributed by atoms with Crippen molar-refractivity contribution in [3.63, 3.8) is 0 Å². The second-order valence-electron chi connectivity index (χ2n) is 13.5. The zero-order valence-electron chi connectivity index (χ0n) is 25.6. The Labute approximate surface area is 268 Å². The topological polar surface area (TPSA) is 129 Å². The first kappa shape index (κ1) is 32.5. The molecule has 5 aliphatic carbocycles. The van der Waals surface area contributed by atoms with Crippen LogP contribution in [-0.4, -0.2) is 77.1 Å². The first-order chi connectivity index (χ1) is 20.6. The number of amides is 2. The van der Waals surface area contributed by atoms with Gasteiger partial charge < -0.3 is 35.0 Å². The van der Waals surface area contributed by atoms with Gasteiger partial charge in [-0.25, -0.2) is 0 Å². The van der Waals surface area contributed by atoms with Crippen molar-refractivity contribution < 1.29 is 34.4 Å². The Balaban J connectivity index is 1.49. The highest BCUT2D eigenvalue weighted by molar-refractivity contribution is 14.1. The minimum Gasteiger partial charge on any atom is -0.493 e. The zero-order valence-corrected chi connectivity index (χ0v) is 27.7. The van der Waals surface area contributed by atoms with Crippen LogP contribution in [0.3, 0.4) is 0 Å². The Morgan fingerprint density at radius 1 is 1.14 bits per heavy atom. The summed E-state index contributed by atoms with van der Waals surface area (Å²) in [6.07, 6.45) is 7.03. The van der Waals surface area contributed by atoms with Crippen LogP contribution in [0.2, 0.25) is 0 Å². The van der Waals surface area contributed by atoms with E-state index in [9.17, 15) is 24.9 Å². The monoisotopic (exact) mass is 710 g/mol. The molecule has 10 heteroatoms. The normalized spacial score (nSPS) is 29.8. The van der Waals surface area contributed by atoms with E-state index < -0.39 is 18.2 Å². The van der Waals surface area contributed by atoms with E-state index >= 15 is 0 Å². The Morgan fingerprint density at radius 2 is 1.88 bits per heavy atom. The number of carbonyl (C=O) groups excluding carboxylic acids is 2. The van der Waals surface area contributed by atoms with Crippen molar-refractivity contribution in [2.75, 3.05) is 26.8 Å². The fraction of sp³-hybridized carbons (Fsp3) is 0.697. The highest BCUT2D eigenvalue weighted by atomic mass is 127. The molecule has 0 radical (unpaired) electrons. The van der Waals surface area contributed by atoms with E-state index in [4.69, 9.17) is 9.47 Å². The van der Waals surface area contributed by atoms with Gasteiger partial charge in [0, 0.05) is 31.0 Å². The largest absolute Gasteiger partial charge is 0.493 e. The molecule has 2 amide bonds. The summed E-state index contributed by atoms with van der Waals surface area (Å²) in [5.74, 6) is 2.11. The van der Waals surface area contributed by atoms with Crippen LogP contribution in [0.1, 0.15) is 70.8 Å². The summed E-state index contributed by atoms with van der Waals surface area (Å²) >= 11 is 2.11. The van der Waals surface area contributed by atoms with Crippen molar-refractivity contribution >= 4 is 34.4 Å². The smallest absolute Gasteiger partial charge is 0.247 e. The van der Waals surface area contributed by atoms with Crippen LogP contribution in [-0.2, 0) is 16.2 Å². The number of carbonyl (C=O) groups is 2. The van der Waals surface area contributed by atoms with Crippen molar-refractivity contribution in [1.82, 2.24) is 10.2 Å². The molecule has 4 N–H and O–H groups in total. The van der Waals surface area contributed by atoms with E-state index in [2.05, 4.69) is 41.8 Å². The summed E-state index contributed by atoms with van der Waals surface area (Å²) < 4.78 is 12.7. The molecule has 9 nitrogen and oxygen atoms in total. The number of fused-ring (bicyclic) bond motifs is 2. The molecule has 0 unspecified atom stereocenters. The van der Waals surface area contributed by atoms with E-state index in [0.717, 1.165) is 44.4 Å². The molecular formula is C33H47IN2O7. The summed E-state index contributed by atoms with van der Waals surface area (Å²) in [5, 5.41) is 33.7. The average molecular weight is 711 g/mol. The Hall–Kier alpha value is -1.89. The molecule has 6 atom stereocenters. The number of halogens is 1. The molecule has 1 aromatic carbocycles. The van der Waals surface area contributed by atoms with Gasteiger partial charge in [0.1, 0.15) is 12.2 Å². The van der Waals surface area contributed by atoms with Crippen LogP contribution in [0.25, 0.3) is 0 Å². The summed E-state index contributed by atoms with van der Waals surface area (Å²) in [6.45, 7) is 5.03. The first-order valence-corrected chi connectivity index (χ1v) is 16.9. The van der Waals surface area contributed by atoms with Gasteiger partial charge in [-0.1, -0.05) is 26.7 Å². The Bertz CT molecular complexity index is 1210. The quantitative estimate of drug-likeness (QED) is 0.258. The number of hydrogen-bond donors (Lipinski definition) is 4. The van der Waals surface area contributed by atoms with E-state index in [-0.39, 0.29) is 49.3 Å². The van der Waals surface area contributed by atoms with Crippen LogP contribution >= 0.6 is 22.6 Å². The van der Waals surface area contributed by atoms with Crippen molar-refractivity contribution in [3.8, 4) is 11.5 Å². The summed E-state index contributed by atoms with van der Waals surface area (Å²) in [5.41, 5.74) is 1.34. The number of aliphatic hydroxyl groups is 3. The minimum atomic E-state index is -1.08. The molecule has 4 fully saturated rings. The number of rotatable bonds is 11. The molecule has 0 saturated heterocycles. The minimum absolute atomic E-state index is 0.0676. The molecule has 6 rings (SSSR count). The van der Waals surface area contributed by atoms with Crippen molar-refractivity contribution in [1.29, 1.82) is 0 Å². The van der Waals surface area contributed by atoms with Gasteiger partial charge in [-0.15, -0.1) is 0 Å². The predicted molar refractivity (Wildman–Crippen MR) is 170 cm³/mol. The van der Waals surface area contributed by atoms with Crippen LogP contribution in [0.5, 0.6) is 11.5 Å².